The third-order valence-electron chi connectivity index (χ3n) is 7.46. The maximum atomic E-state index is 14.8. The molecule has 0 radical (unpaired) electrons. The number of piperazine rings is 1. The van der Waals surface area contributed by atoms with E-state index < -0.39 is 11.6 Å². The lowest BCUT2D eigenvalue weighted by Gasteiger charge is -2.29. The van der Waals surface area contributed by atoms with Crippen LogP contribution in [0.1, 0.15) is 38.6 Å². The van der Waals surface area contributed by atoms with E-state index >= 15 is 0 Å². The number of anilines is 3. The Morgan fingerprint density at radius 1 is 1.00 bits per heavy atom. The van der Waals surface area contributed by atoms with E-state index in [2.05, 4.69) is 78.9 Å². The lowest BCUT2D eigenvalue weighted by atomic mass is 10.2. The van der Waals surface area contributed by atoms with Gasteiger partial charge in [0.1, 0.15) is 18.0 Å². The number of H-pyrrole nitrogens is 2. The molecule has 1 saturated heterocycles. The van der Waals surface area contributed by atoms with Crippen molar-refractivity contribution in [2.75, 3.05) is 42.9 Å². The van der Waals surface area contributed by atoms with Crippen LogP contribution in [0.3, 0.4) is 0 Å². The van der Waals surface area contributed by atoms with E-state index in [4.69, 9.17) is 4.74 Å². The summed E-state index contributed by atoms with van der Waals surface area (Å²) in [6, 6.07) is 9.85. The first-order valence-electron chi connectivity index (χ1n) is 15.9. The van der Waals surface area contributed by atoms with Gasteiger partial charge in [-0.2, -0.15) is 0 Å². The average Bonchev–Trinajstić information content (AvgIpc) is 3.63. The Morgan fingerprint density at radius 2 is 1.75 bits per heavy atom. The van der Waals surface area contributed by atoms with Gasteiger partial charge in [-0.3, -0.25) is 0 Å². The van der Waals surface area contributed by atoms with Crippen molar-refractivity contribution in [1.82, 2.24) is 35.6 Å². The minimum atomic E-state index is -0.663. The van der Waals surface area contributed by atoms with Crippen molar-refractivity contribution < 1.29 is 13.5 Å². The number of pyridine rings is 1. The molecule has 1 fully saturated rings. The van der Waals surface area contributed by atoms with Crippen LogP contribution in [-0.2, 0) is 0 Å². The summed E-state index contributed by atoms with van der Waals surface area (Å²) < 4.78 is 34.7. The van der Waals surface area contributed by atoms with Gasteiger partial charge in [0, 0.05) is 72.7 Å². The Labute approximate surface area is 280 Å². The molecule has 0 unspecified atom stereocenters. The number of nitrogens with one attached hydrogen (secondary N) is 5. The number of hydrogen-bond donors (Lipinski definition) is 5. The van der Waals surface area contributed by atoms with Crippen molar-refractivity contribution in [2.24, 2.45) is 0 Å². The minimum absolute atomic E-state index is 0.0739. The monoisotopic (exact) mass is 657 g/mol. The fourth-order valence-corrected chi connectivity index (χ4v) is 4.81. The molecule has 4 aromatic heterocycles. The van der Waals surface area contributed by atoms with Gasteiger partial charge in [0.25, 0.3) is 0 Å². The number of fused-ring (bicyclic) bond motifs is 1. The summed E-state index contributed by atoms with van der Waals surface area (Å²) in [6.07, 6.45) is 6.36. The van der Waals surface area contributed by atoms with E-state index in [-0.39, 0.29) is 22.5 Å². The molecule has 12 heteroatoms. The van der Waals surface area contributed by atoms with Gasteiger partial charge >= 0.3 is 0 Å². The van der Waals surface area contributed by atoms with Crippen LogP contribution in [0.5, 0.6) is 11.6 Å². The van der Waals surface area contributed by atoms with Gasteiger partial charge < -0.3 is 35.6 Å². The quantitative estimate of drug-likeness (QED) is 0.139. The predicted molar refractivity (Wildman–Crippen MR) is 191 cm³/mol. The smallest absolute Gasteiger partial charge is 0.224 e. The molecule has 1 aliphatic rings. The van der Waals surface area contributed by atoms with Crippen molar-refractivity contribution in [3.05, 3.63) is 94.3 Å². The molecule has 0 atom stereocenters. The SMILES string of the molecule is C/C=C(\C)NCCC.C=c1cc(C)[nH]c1=C.Cc1cc2c(F)c(Oc3cc(Nc4ccc(N5CCNCC5)cn4)ncn3)cc(F)c2[nH]1. The first kappa shape index (κ1) is 35.6. The number of aromatic nitrogens is 5. The summed E-state index contributed by atoms with van der Waals surface area (Å²) in [4.78, 5) is 20.7. The molecule has 254 valence electrons. The largest absolute Gasteiger partial charge is 0.436 e. The summed E-state index contributed by atoms with van der Waals surface area (Å²) in [5.74, 6) is -0.441. The Kier molecular flexibility index (Phi) is 12.7. The number of ether oxygens (including phenoxy) is 1. The molecule has 1 aromatic carbocycles. The van der Waals surface area contributed by atoms with E-state index in [9.17, 15) is 8.78 Å². The number of aryl methyl sites for hydroxylation is 2. The molecule has 5 N–H and O–H groups in total. The van der Waals surface area contributed by atoms with Crippen LogP contribution in [0.25, 0.3) is 24.1 Å². The highest BCUT2D eigenvalue weighted by Crippen LogP contribution is 2.32. The second-order valence-electron chi connectivity index (χ2n) is 11.4. The summed E-state index contributed by atoms with van der Waals surface area (Å²) in [5.41, 5.74) is 4.20. The second-order valence-corrected chi connectivity index (χ2v) is 11.4. The van der Waals surface area contributed by atoms with Crippen LogP contribution < -0.4 is 36.2 Å². The van der Waals surface area contributed by atoms with Gasteiger partial charge in [-0.1, -0.05) is 26.2 Å². The van der Waals surface area contributed by atoms with E-state index in [0.29, 0.717) is 17.3 Å². The number of benzene rings is 1. The first-order valence-corrected chi connectivity index (χ1v) is 15.9. The summed E-state index contributed by atoms with van der Waals surface area (Å²) in [7, 11) is 0. The molecule has 0 bridgehead atoms. The number of allylic oxidation sites excluding steroid dienone is 2. The van der Waals surface area contributed by atoms with E-state index in [1.165, 1.54) is 30.6 Å². The van der Waals surface area contributed by atoms with Gasteiger partial charge in [0.05, 0.1) is 17.4 Å². The van der Waals surface area contributed by atoms with Gasteiger partial charge in [0.2, 0.25) is 5.88 Å². The van der Waals surface area contributed by atoms with Crippen molar-refractivity contribution in [2.45, 2.75) is 41.0 Å². The van der Waals surface area contributed by atoms with E-state index in [1.54, 1.807) is 13.1 Å². The fourth-order valence-electron chi connectivity index (χ4n) is 4.81. The third-order valence-corrected chi connectivity index (χ3v) is 7.46. The number of rotatable bonds is 8. The van der Waals surface area contributed by atoms with Gasteiger partial charge in [-0.25, -0.2) is 23.7 Å². The lowest BCUT2D eigenvalue weighted by Crippen LogP contribution is -2.43. The number of nitrogens with zero attached hydrogens (tertiary/aromatic N) is 4. The summed E-state index contributed by atoms with van der Waals surface area (Å²) >= 11 is 0. The van der Waals surface area contributed by atoms with Gasteiger partial charge in [-0.05, 0) is 63.6 Å². The van der Waals surface area contributed by atoms with E-state index in [1.807, 2.05) is 32.0 Å². The highest BCUT2D eigenvalue weighted by Gasteiger charge is 2.17. The minimum Gasteiger partial charge on any atom is -0.436 e. The van der Waals surface area contributed by atoms with Gasteiger partial charge in [0.15, 0.2) is 17.4 Å². The third kappa shape index (κ3) is 9.88. The molecule has 6 rings (SSSR count). The van der Waals surface area contributed by atoms with Gasteiger partial charge in [-0.15, -0.1) is 0 Å². The molecular weight excluding hydrogens is 612 g/mol. The molecule has 0 saturated carbocycles. The molecule has 1 aliphatic heterocycles. The lowest BCUT2D eigenvalue weighted by molar-refractivity contribution is 0.426. The van der Waals surface area contributed by atoms with Crippen molar-refractivity contribution >= 4 is 41.4 Å². The Balaban J connectivity index is 0.000000268. The van der Waals surface area contributed by atoms with Crippen molar-refractivity contribution in [3.8, 4) is 11.6 Å². The zero-order valence-electron chi connectivity index (χ0n) is 28.3. The highest BCUT2D eigenvalue weighted by molar-refractivity contribution is 5.83. The topological polar surface area (TPSA) is 119 Å². The molecule has 5 aromatic rings. The van der Waals surface area contributed by atoms with Crippen LogP contribution in [0.15, 0.2) is 60.7 Å². The van der Waals surface area contributed by atoms with Crippen LogP contribution >= 0.6 is 0 Å². The molecule has 0 aliphatic carbocycles. The average molecular weight is 658 g/mol. The van der Waals surface area contributed by atoms with Crippen molar-refractivity contribution in [1.29, 1.82) is 0 Å². The number of hydrogen-bond acceptors (Lipinski definition) is 8. The second kappa shape index (κ2) is 17.1. The molecule has 10 nitrogen and oxygen atoms in total. The molecular formula is C36H45F2N9O. The van der Waals surface area contributed by atoms with Crippen LogP contribution in [0.4, 0.5) is 26.1 Å². The summed E-state index contributed by atoms with van der Waals surface area (Å²) in [6.45, 7) is 22.3. The number of halogens is 2. The molecule has 5 heterocycles. The van der Waals surface area contributed by atoms with Crippen molar-refractivity contribution in [3.63, 3.8) is 0 Å². The Hall–Kier alpha value is -5.23. The van der Waals surface area contributed by atoms with Crippen LogP contribution in [-0.4, -0.2) is 57.6 Å². The normalized spacial score (nSPS) is 12.9. The fraction of sp³-hybridized carbons (Fsp3) is 0.306. The maximum absolute atomic E-state index is 14.8. The number of aromatic amines is 2. The predicted octanol–water partition coefficient (Wildman–Crippen LogP) is 5.94. The van der Waals surface area contributed by atoms with Crippen LogP contribution in [0.2, 0.25) is 0 Å². The van der Waals surface area contributed by atoms with E-state index in [0.717, 1.165) is 60.7 Å². The molecule has 0 spiro atoms. The zero-order valence-corrected chi connectivity index (χ0v) is 28.3. The highest BCUT2D eigenvalue weighted by atomic mass is 19.1. The standard InChI is InChI=1S/C22H21F2N7O.C7H9N.C7H15N/c1-13-8-15-21(24)17(9-16(23)22(15)29-13)32-20-10-19(27-12-28-20)30-18-3-2-14(11-26-18)31-6-4-25-5-7-31;1-5-4-6(2)8-7(5)3;1-4-6-8-7(3)5-2/h2-3,8-12,25,29H,4-7H2,1H3,(H,26,27,28,30);4,8H,1,3H2,2H3;5,8H,4,6H2,1-3H3/b;;7-5+. The van der Waals surface area contributed by atoms with Crippen LogP contribution in [0, 0.1) is 25.5 Å². The maximum Gasteiger partial charge on any atom is 0.224 e. The zero-order chi connectivity index (χ0) is 34.6. The molecule has 0 amide bonds. The summed E-state index contributed by atoms with van der Waals surface area (Å²) in [5, 5.41) is 11.7. The Bertz CT molecular complexity index is 1880. The first-order chi connectivity index (χ1) is 23.1. The Morgan fingerprint density at radius 3 is 2.35 bits per heavy atom. The molecule has 48 heavy (non-hydrogen) atoms.